The highest BCUT2D eigenvalue weighted by Crippen LogP contribution is 2.41. The van der Waals surface area contributed by atoms with Gasteiger partial charge in [0.2, 0.25) is 0 Å². The molecule has 0 fully saturated rings. The van der Waals surface area contributed by atoms with Gasteiger partial charge in [0.25, 0.3) is 0 Å². The molecule has 0 atom stereocenters. The van der Waals surface area contributed by atoms with Crippen molar-refractivity contribution in [3.8, 4) is 28.2 Å². The average Bonchev–Trinajstić information content (AvgIpc) is 3.53. The van der Waals surface area contributed by atoms with E-state index in [-0.39, 0.29) is 0 Å². The van der Waals surface area contributed by atoms with Crippen molar-refractivity contribution in [2.24, 2.45) is 0 Å². The van der Waals surface area contributed by atoms with Crippen molar-refractivity contribution in [1.82, 2.24) is 9.55 Å². The van der Waals surface area contributed by atoms with Crippen LogP contribution >= 0.6 is 11.3 Å². The van der Waals surface area contributed by atoms with E-state index < -0.39 is 0 Å². The number of nitrogens with zero attached hydrogens (tertiary/aromatic N) is 2. The van der Waals surface area contributed by atoms with Crippen LogP contribution in [-0.4, -0.2) is 9.55 Å². The molecule has 0 aliphatic rings. The number of para-hydroxylation sites is 2. The molecule has 0 spiro atoms. The lowest BCUT2D eigenvalue weighted by molar-refractivity contribution is 1.09. The third-order valence-electron chi connectivity index (χ3n) is 7.41. The molecular weight excluding hydrogens is 480 g/mol. The molecule has 8 aromatic rings. The molecule has 8 rings (SSSR count). The number of rotatable bonds is 3. The van der Waals surface area contributed by atoms with E-state index in [1.165, 1.54) is 42.1 Å². The lowest BCUT2D eigenvalue weighted by Crippen LogP contribution is -2.00. The van der Waals surface area contributed by atoms with Crippen LogP contribution < -0.4 is 0 Å². The van der Waals surface area contributed by atoms with E-state index in [0.717, 1.165) is 28.1 Å². The molecule has 0 bridgehead atoms. The summed E-state index contributed by atoms with van der Waals surface area (Å²) in [5.41, 5.74) is 6.82. The Morgan fingerprint density at radius 1 is 0.500 bits per heavy atom. The van der Waals surface area contributed by atoms with Gasteiger partial charge in [-0.25, -0.2) is 4.98 Å². The molecule has 38 heavy (non-hydrogen) atoms. The summed E-state index contributed by atoms with van der Waals surface area (Å²) in [5.74, 6) is 0.928. The number of pyridine rings is 1. The van der Waals surface area contributed by atoms with E-state index in [1.54, 1.807) is 0 Å². The van der Waals surface area contributed by atoms with Crippen LogP contribution in [0.25, 0.3) is 70.2 Å². The van der Waals surface area contributed by atoms with Crippen molar-refractivity contribution >= 4 is 53.3 Å². The zero-order chi connectivity index (χ0) is 25.1. The van der Waals surface area contributed by atoms with Gasteiger partial charge in [0, 0.05) is 36.5 Å². The van der Waals surface area contributed by atoms with Gasteiger partial charge in [-0.1, -0.05) is 103 Å². The van der Waals surface area contributed by atoms with Crippen molar-refractivity contribution in [2.45, 2.75) is 0 Å². The van der Waals surface area contributed by atoms with Crippen molar-refractivity contribution < 1.29 is 0 Å². The lowest BCUT2D eigenvalue weighted by Gasteiger charge is -2.13. The van der Waals surface area contributed by atoms with Crippen LogP contribution in [-0.2, 0) is 0 Å². The van der Waals surface area contributed by atoms with Gasteiger partial charge in [0.1, 0.15) is 5.82 Å². The predicted molar refractivity (Wildman–Crippen MR) is 162 cm³/mol. The summed E-state index contributed by atoms with van der Waals surface area (Å²) >= 11 is 1.85. The topological polar surface area (TPSA) is 17.8 Å². The summed E-state index contributed by atoms with van der Waals surface area (Å²) in [6.07, 6.45) is 0. The Morgan fingerprint density at radius 3 is 1.89 bits per heavy atom. The summed E-state index contributed by atoms with van der Waals surface area (Å²) in [5, 5.41) is 5.07. The van der Waals surface area contributed by atoms with E-state index in [4.69, 9.17) is 4.98 Å². The number of hydrogen-bond donors (Lipinski definition) is 0. The van der Waals surface area contributed by atoms with Gasteiger partial charge in [-0.05, 0) is 41.5 Å². The normalized spacial score (nSPS) is 11.7. The largest absolute Gasteiger partial charge is 0.294 e. The van der Waals surface area contributed by atoms with E-state index >= 15 is 0 Å². The number of hydrogen-bond acceptors (Lipinski definition) is 2. The van der Waals surface area contributed by atoms with Gasteiger partial charge in [-0.2, -0.15) is 0 Å². The smallest absolute Gasteiger partial charge is 0.138 e. The van der Waals surface area contributed by atoms with Gasteiger partial charge in [0.15, 0.2) is 0 Å². The Hall–Kier alpha value is -4.73. The maximum absolute atomic E-state index is 5.36. The summed E-state index contributed by atoms with van der Waals surface area (Å²) in [6, 6.07) is 47.6. The molecule has 0 saturated carbocycles. The minimum Gasteiger partial charge on any atom is -0.294 e. The zero-order valence-corrected chi connectivity index (χ0v) is 21.3. The minimum atomic E-state index is 0.928. The number of thiophene rings is 1. The standard InChI is InChI=1S/C35H22N2S/c1-2-11-23(12-3-1)24-21-30(29-17-10-16-28-27-15-6-9-20-33(27)38-35(28)29)36-34(22-24)37-31-18-7-4-13-25(31)26-14-5-8-19-32(26)37/h1-22H. The molecule has 3 heterocycles. The fourth-order valence-corrected chi connectivity index (χ4v) is 6.91. The Bertz CT molecular complexity index is 2080. The lowest BCUT2D eigenvalue weighted by atomic mass is 10.0. The first kappa shape index (κ1) is 21.4. The van der Waals surface area contributed by atoms with E-state index in [2.05, 4.69) is 138 Å². The Labute approximate surface area is 224 Å². The summed E-state index contributed by atoms with van der Waals surface area (Å²) in [7, 11) is 0. The fourth-order valence-electron chi connectivity index (χ4n) is 5.68. The fraction of sp³-hybridized carbons (Fsp3) is 0. The average molecular weight is 503 g/mol. The maximum atomic E-state index is 5.36. The van der Waals surface area contributed by atoms with Gasteiger partial charge < -0.3 is 0 Å². The van der Waals surface area contributed by atoms with Crippen LogP contribution in [0.2, 0.25) is 0 Å². The zero-order valence-electron chi connectivity index (χ0n) is 20.5. The molecule has 2 nitrogen and oxygen atoms in total. The third-order valence-corrected chi connectivity index (χ3v) is 8.63. The van der Waals surface area contributed by atoms with Gasteiger partial charge in [0.05, 0.1) is 16.7 Å². The first-order chi connectivity index (χ1) is 18.8. The van der Waals surface area contributed by atoms with Crippen molar-refractivity contribution in [3.63, 3.8) is 0 Å². The Kier molecular flexibility index (Phi) is 4.73. The molecule has 0 unspecified atom stereocenters. The second-order valence-electron chi connectivity index (χ2n) is 9.62. The molecule has 0 N–H and O–H groups in total. The Balaban J connectivity index is 1.47. The quantitative estimate of drug-likeness (QED) is 0.235. The van der Waals surface area contributed by atoms with Crippen LogP contribution in [0.5, 0.6) is 0 Å². The van der Waals surface area contributed by atoms with Crippen molar-refractivity contribution in [2.75, 3.05) is 0 Å². The molecule has 5 aromatic carbocycles. The highest BCUT2D eigenvalue weighted by atomic mass is 32.1. The van der Waals surface area contributed by atoms with Crippen LogP contribution in [0, 0.1) is 0 Å². The molecule has 3 aromatic heterocycles. The van der Waals surface area contributed by atoms with Crippen LogP contribution in [0.15, 0.2) is 133 Å². The van der Waals surface area contributed by atoms with Crippen molar-refractivity contribution in [3.05, 3.63) is 133 Å². The number of benzene rings is 5. The van der Waals surface area contributed by atoms with Crippen LogP contribution in [0.4, 0.5) is 0 Å². The van der Waals surface area contributed by atoms with Gasteiger partial charge in [-0.3, -0.25) is 4.57 Å². The van der Waals surface area contributed by atoms with Crippen molar-refractivity contribution in [1.29, 1.82) is 0 Å². The van der Waals surface area contributed by atoms with Gasteiger partial charge in [-0.15, -0.1) is 11.3 Å². The van der Waals surface area contributed by atoms with E-state index in [9.17, 15) is 0 Å². The second kappa shape index (κ2) is 8.41. The molecule has 0 amide bonds. The molecule has 0 aliphatic heterocycles. The SMILES string of the molecule is c1ccc(-c2cc(-c3cccc4c3sc3ccccc34)nc(-n3c4ccccc4c4ccccc43)c2)cc1. The molecule has 0 saturated heterocycles. The summed E-state index contributed by atoms with van der Waals surface area (Å²) < 4.78 is 4.89. The van der Waals surface area contributed by atoms with E-state index in [1.807, 2.05) is 11.3 Å². The first-order valence-electron chi connectivity index (χ1n) is 12.8. The molecule has 0 radical (unpaired) electrons. The summed E-state index contributed by atoms with van der Waals surface area (Å²) in [6.45, 7) is 0. The first-order valence-corrected chi connectivity index (χ1v) is 13.6. The summed E-state index contributed by atoms with van der Waals surface area (Å²) in [4.78, 5) is 5.36. The van der Waals surface area contributed by atoms with Crippen LogP contribution in [0.1, 0.15) is 0 Å². The highest BCUT2D eigenvalue weighted by Gasteiger charge is 2.17. The molecule has 178 valence electrons. The molecule has 3 heteroatoms. The molecule has 0 aliphatic carbocycles. The highest BCUT2D eigenvalue weighted by molar-refractivity contribution is 7.26. The predicted octanol–water partition coefficient (Wildman–Crippen LogP) is 9.88. The second-order valence-corrected chi connectivity index (χ2v) is 10.7. The van der Waals surface area contributed by atoms with Gasteiger partial charge >= 0.3 is 0 Å². The minimum absolute atomic E-state index is 0.928. The molecular formula is C35H22N2S. The Morgan fingerprint density at radius 2 is 1.13 bits per heavy atom. The third kappa shape index (κ3) is 3.22. The number of fused-ring (bicyclic) bond motifs is 6. The maximum Gasteiger partial charge on any atom is 0.138 e. The van der Waals surface area contributed by atoms with E-state index in [0.29, 0.717) is 0 Å². The monoisotopic (exact) mass is 502 g/mol. The number of aromatic nitrogens is 2. The van der Waals surface area contributed by atoms with Crippen LogP contribution in [0.3, 0.4) is 0 Å².